The average Bonchev–Trinajstić information content (AvgIpc) is 2.34. The summed E-state index contributed by atoms with van der Waals surface area (Å²) in [5.41, 5.74) is 4.43. The van der Waals surface area contributed by atoms with Crippen molar-refractivity contribution in [3.05, 3.63) is 63.4 Å². The Kier molecular flexibility index (Phi) is 4.48. The number of aromatic nitrogens is 1. The van der Waals surface area contributed by atoms with E-state index in [0.29, 0.717) is 12.8 Å². The Hall–Kier alpha value is -1.48. The number of halogens is 1. The summed E-state index contributed by atoms with van der Waals surface area (Å²) in [5.74, 6) is 0.216. The number of carbonyl (C=O) groups excluding carboxylic acids is 1. The van der Waals surface area contributed by atoms with Crippen molar-refractivity contribution in [2.75, 3.05) is 0 Å². The zero-order chi connectivity index (χ0) is 13.8. The van der Waals surface area contributed by atoms with Gasteiger partial charge in [-0.25, -0.2) is 0 Å². The molecule has 0 saturated heterocycles. The lowest BCUT2D eigenvalue weighted by atomic mass is 9.98. The Bertz CT molecular complexity index is 607. The molecule has 98 valence electrons. The van der Waals surface area contributed by atoms with Crippen molar-refractivity contribution < 1.29 is 4.79 Å². The highest BCUT2D eigenvalue weighted by molar-refractivity contribution is 9.10. The maximum atomic E-state index is 12.1. The van der Waals surface area contributed by atoms with Crippen molar-refractivity contribution >= 4 is 21.7 Å². The summed E-state index contributed by atoms with van der Waals surface area (Å²) in [6.07, 6.45) is 4.38. The molecule has 0 aliphatic heterocycles. The largest absolute Gasteiger partial charge is 0.299 e. The molecule has 2 rings (SSSR count). The van der Waals surface area contributed by atoms with Gasteiger partial charge in [-0.05, 0) is 52.5 Å². The first kappa shape index (κ1) is 13.9. The molecular weight excluding hydrogens is 302 g/mol. The van der Waals surface area contributed by atoms with Crippen LogP contribution < -0.4 is 0 Å². The van der Waals surface area contributed by atoms with E-state index in [0.717, 1.165) is 15.6 Å². The minimum absolute atomic E-state index is 0.216. The molecule has 0 fully saturated rings. The van der Waals surface area contributed by atoms with E-state index >= 15 is 0 Å². The van der Waals surface area contributed by atoms with Crippen molar-refractivity contribution in [3.63, 3.8) is 0 Å². The molecule has 0 spiro atoms. The third-order valence-electron chi connectivity index (χ3n) is 3.06. The Morgan fingerprint density at radius 3 is 2.68 bits per heavy atom. The standard InChI is InChI=1S/C16H16BrNO/c1-11-3-4-12(2)14(5-11)8-16(19)7-13-6-15(17)10-18-9-13/h3-6,9-10H,7-8H2,1-2H3. The lowest BCUT2D eigenvalue weighted by molar-refractivity contribution is -0.117. The van der Waals surface area contributed by atoms with Crippen molar-refractivity contribution in [3.8, 4) is 0 Å². The molecule has 1 aromatic heterocycles. The van der Waals surface area contributed by atoms with Crippen LogP contribution in [0.5, 0.6) is 0 Å². The monoisotopic (exact) mass is 317 g/mol. The topological polar surface area (TPSA) is 30.0 Å². The average molecular weight is 318 g/mol. The Balaban J connectivity index is 2.07. The molecule has 0 amide bonds. The Morgan fingerprint density at radius 1 is 1.16 bits per heavy atom. The van der Waals surface area contributed by atoms with E-state index in [1.165, 1.54) is 11.1 Å². The van der Waals surface area contributed by atoms with E-state index in [9.17, 15) is 4.79 Å². The number of nitrogens with zero attached hydrogens (tertiary/aromatic N) is 1. The van der Waals surface area contributed by atoms with Gasteiger partial charge in [-0.2, -0.15) is 0 Å². The van der Waals surface area contributed by atoms with Crippen LogP contribution in [0, 0.1) is 13.8 Å². The molecule has 1 heterocycles. The molecule has 0 unspecified atom stereocenters. The molecule has 0 aliphatic carbocycles. The van der Waals surface area contributed by atoms with E-state index in [-0.39, 0.29) is 5.78 Å². The van der Waals surface area contributed by atoms with E-state index in [4.69, 9.17) is 0 Å². The summed E-state index contributed by atoms with van der Waals surface area (Å²) in [6, 6.07) is 8.17. The van der Waals surface area contributed by atoms with Crippen LogP contribution in [0.2, 0.25) is 0 Å². The summed E-state index contributed by atoms with van der Waals surface area (Å²) in [6.45, 7) is 4.09. The van der Waals surface area contributed by atoms with Gasteiger partial charge in [-0.15, -0.1) is 0 Å². The molecule has 0 bridgehead atoms. The Morgan fingerprint density at radius 2 is 1.95 bits per heavy atom. The van der Waals surface area contributed by atoms with Crippen LogP contribution in [-0.4, -0.2) is 10.8 Å². The van der Waals surface area contributed by atoms with Gasteiger partial charge in [0.2, 0.25) is 0 Å². The van der Waals surface area contributed by atoms with Gasteiger partial charge < -0.3 is 0 Å². The molecule has 1 aromatic carbocycles. The normalized spacial score (nSPS) is 10.5. The molecule has 3 heteroatoms. The van der Waals surface area contributed by atoms with Crippen molar-refractivity contribution in [2.24, 2.45) is 0 Å². The van der Waals surface area contributed by atoms with Gasteiger partial charge in [0.25, 0.3) is 0 Å². The first-order chi connectivity index (χ1) is 9.04. The van der Waals surface area contributed by atoms with Crippen LogP contribution in [-0.2, 0) is 17.6 Å². The summed E-state index contributed by atoms with van der Waals surface area (Å²) in [4.78, 5) is 16.2. The number of ketones is 1. The minimum Gasteiger partial charge on any atom is -0.299 e. The minimum atomic E-state index is 0.216. The predicted octanol–water partition coefficient (Wildman–Crippen LogP) is 3.82. The van der Waals surface area contributed by atoms with Crippen LogP contribution >= 0.6 is 15.9 Å². The van der Waals surface area contributed by atoms with Crippen LogP contribution in [0.15, 0.2) is 41.1 Å². The molecule has 0 N–H and O–H groups in total. The van der Waals surface area contributed by atoms with Crippen molar-refractivity contribution in [1.29, 1.82) is 0 Å². The highest BCUT2D eigenvalue weighted by Gasteiger charge is 2.08. The first-order valence-corrected chi connectivity index (χ1v) is 7.01. The molecule has 2 aromatic rings. The fourth-order valence-corrected chi connectivity index (χ4v) is 2.46. The van der Waals surface area contributed by atoms with Gasteiger partial charge in [0.05, 0.1) is 0 Å². The van der Waals surface area contributed by atoms with Gasteiger partial charge in [-0.3, -0.25) is 9.78 Å². The number of pyridine rings is 1. The van der Waals surface area contributed by atoms with Gasteiger partial charge >= 0.3 is 0 Å². The number of carbonyl (C=O) groups is 1. The van der Waals surface area contributed by atoms with Gasteiger partial charge in [0.1, 0.15) is 5.78 Å². The van der Waals surface area contributed by atoms with Crippen LogP contribution in [0.1, 0.15) is 22.3 Å². The second-order valence-corrected chi connectivity index (χ2v) is 5.75. The SMILES string of the molecule is Cc1ccc(C)c(CC(=O)Cc2cncc(Br)c2)c1. The molecule has 0 aliphatic rings. The molecule has 2 nitrogen and oxygen atoms in total. The number of aryl methyl sites for hydroxylation is 2. The number of hydrogen-bond acceptors (Lipinski definition) is 2. The first-order valence-electron chi connectivity index (χ1n) is 6.22. The van der Waals surface area contributed by atoms with E-state index < -0.39 is 0 Å². The smallest absolute Gasteiger partial charge is 0.141 e. The van der Waals surface area contributed by atoms with Gasteiger partial charge in [-0.1, -0.05) is 23.8 Å². The quantitative estimate of drug-likeness (QED) is 0.858. The van der Waals surface area contributed by atoms with Crippen LogP contribution in [0.4, 0.5) is 0 Å². The summed E-state index contributed by atoms with van der Waals surface area (Å²) >= 11 is 3.37. The zero-order valence-corrected chi connectivity index (χ0v) is 12.7. The summed E-state index contributed by atoms with van der Waals surface area (Å²) in [7, 11) is 0. The van der Waals surface area contributed by atoms with Gasteiger partial charge in [0.15, 0.2) is 0 Å². The lowest BCUT2D eigenvalue weighted by Gasteiger charge is -2.07. The number of rotatable bonds is 4. The summed E-state index contributed by atoms with van der Waals surface area (Å²) < 4.78 is 0.907. The van der Waals surface area contributed by atoms with Crippen molar-refractivity contribution in [1.82, 2.24) is 4.98 Å². The maximum Gasteiger partial charge on any atom is 0.141 e. The fourth-order valence-electron chi connectivity index (χ4n) is 2.05. The molecule has 0 radical (unpaired) electrons. The highest BCUT2D eigenvalue weighted by atomic mass is 79.9. The second kappa shape index (κ2) is 6.11. The highest BCUT2D eigenvalue weighted by Crippen LogP contribution is 2.14. The van der Waals surface area contributed by atoms with Crippen LogP contribution in [0.3, 0.4) is 0 Å². The van der Waals surface area contributed by atoms with E-state index in [1.54, 1.807) is 12.4 Å². The van der Waals surface area contributed by atoms with E-state index in [1.807, 2.05) is 19.9 Å². The lowest BCUT2D eigenvalue weighted by Crippen LogP contribution is -2.08. The zero-order valence-electron chi connectivity index (χ0n) is 11.1. The third kappa shape index (κ3) is 4.00. The molecule has 19 heavy (non-hydrogen) atoms. The van der Waals surface area contributed by atoms with Gasteiger partial charge in [0, 0.05) is 29.7 Å². The van der Waals surface area contributed by atoms with Crippen LogP contribution in [0.25, 0.3) is 0 Å². The number of Topliss-reactive ketones (excluding diaryl/α,β-unsaturated/α-hetero) is 1. The molecule has 0 atom stereocenters. The molecule has 0 saturated carbocycles. The summed E-state index contributed by atoms with van der Waals surface area (Å²) in [5, 5.41) is 0. The number of hydrogen-bond donors (Lipinski definition) is 0. The van der Waals surface area contributed by atoms with E-state index in [2.05, 4.69) is 39.1 Å². The third-order valence-corrected chi connectivity index (χ3v) is 3.49. The second-order valence-electron chi connectivity index (χ2n) is 4.83. The predicted molar refractivity (Wildman–Crippen MR) is 80.3 cm³/mol. The fraction of sp³-hybridized carbons (Fsp3) is 0.250. The number of benzene rings is 1. The molecular formula is C16H16BrNO. The van der Waals surface area contributed by atoms with Crippen molar-refractivity contribution in [2.45, 2.75) is 26.7 Å². The Labute approximate surface area is 122 Å². The maximum absolute atomic E-state index is 12.1.